The molecule has 0 fully saturated rings. The van der Waals surface area contributed by atoms with Gasteiger partial charge < -0.3 is 0 Å². The Labute approximate surface area is 315 Å². The van der Waals surface area contributed by atoms with Gasteiger partial charge in [-0.1, -0.05) is 0 Å². The molecule has 7 aromatic rings. The molecule has 248 valence electrons. The molecule has 0 radical (unpaired) electrons. The minimum absolute atomic E-state index is 0.309. The van der Waals surface area contributed by atoms with E-state index in [0.717, 1.165) is 6.42 Å². The zero-order chi connectivity index (χ0) is 35.0. The van der Waals surface area contributed by atoms with Crippen LogP contribution in [-0.2, 0) is 21.3 Å². The molecule has 0 saturated heterocycles. The number of hydrogen-bond donors (Lipinski definition) is 0. The van der Waals surface area contributed by atoms with Gasteiger partial charge in [-0.05, 0) is 0 Å². The Morgan fingerprint density at radius 2 is 0.846 bits per heavy atom. The van der Waals surface area contributed by atoms with E-state index >= 15 is 0 Å². The van der Waals surface area contributed by atoms with Crippen LogP contribution in [0.4, 0.5) is 0 Å². The Morgan fingerprint density at radius 3 is 1.31 bits per heavy atom. The summed E-state index contributed by atoms with van der Waals surface area (Å²) in [6.45, 7) is 4.53. The number of fused-ring (bicyclic) bond motifs is 3. The van der Waals surface area contributed by atoms with E-state index < -0.39 is 21.3 Å². The first kappa shape index (κ1) is 32.7. The van der Waals surface area contributed by atoms with Gasteiger partial charge in [0.25, 0.3) is 0 Å². The third-order valence-corrected chi connectivity index (χ3v) is 19.1. The zero-order valence-corrected chi connectivity index (χ0v) is 32.1. The fraction of sp³-hybridized carbons (Fsp3) is 0.0784. The molecule has 0 unspecified atom stereocenters. The molecule has 9 rings (SSSR count). The second-order valence-corrected chi connectivity index (χ2v) is 20.3. The number of rotatable bonds is 7. The van der Waals surface area contributed by atoms with Gasteiger partial charge >= 0.3 is 318 Å². The normalized spacial score (nSPS) is 13.7. The van der Waals surface area contributed by atoms with E-state index in [9.17, 15) is 0 Å². The summed E-state index contributed by atoms with van der Waals surface area (Å²) < 4.78 is 3.55. The summed E-state index contributed by atoms with van der Waals surface area (Å²) in [5, 5.41) is 0. The molecule has 0 nitrogen and oxygen atoms in total. The molecule has 2 aliphatic carbocycles. The van der Waals surface area contributed by atoms with Crippen LogP contribution in [0.25, 0.3) is 27.8 Å². The van der Waals surface area contributed by atoms with E-state index in [1.54, 1.807) is 6.49 Å². The summed E-state index contributed by atoms with van der Waals surface area (Å²) in [7, 11) is 0. The Balaban J connectivity index is 1.47. The van der Waals surface area contributed by atoms with Crippen molar-refractivity contribution in [3.05, 3.63) is 241 Å². The van der Waals surface area contributed by atoms with Crippen molar-refractivity contribution >= 4 is 19.9 Å². The zero-order valence-electron chi connectivity index (χ0n) is 29.7. The first-order chi connectivity index (χ1) is 25.7. The van der Waals surface area contributed by atoms with Crippen molar-refractivity contribution in [1.82, 2.24) is 0 Å². The van der Waals surface area contributed by atoms with Crippen molar-refractivity contribution in [2.45, 2.75) is 23.9 Å². The van der Waals surface area contributed by atoms with Gasteiger partial charge in [-0.15, -0.1) is 0 Å². The fourth-order valence-corrected chi connectivity index (χ4v) is 18.2. The molecule has 0 heterocycles. The van der Waals surface area contributed by atoms with Crippen molar-refractivity contribution < 1.29 is 21.3 Å². The number of allylic oxidation sites excluding steroid dienone is 4. The van der Waals surface area contributed by atoms with Crippen molar-refractivity contribution in [2.24, 2.45) is 0 Å². The molecule has 0 amide bonds. The summed E-state index contributed by atoms with van der Waals surface area (Å²) in [5.74, 6) is 0. The standard InChI is InChI=1S/C23H17.C15H13.C13H10.Zr/c1-4-10-18(11-5-1)21-16-17-22(19-12-6-2-7-13-19)23(21)20-14-8-3-9-15-20;1-10-3-5-14-12(7-10)9-13-8-11(2)4-6-15(13)14;1-3-7-12(8-4-1)11-13-9-5-2-6-10-13;/h1-15H,16H2;3-9H,1-2H3;1-10H;. The van der Waals surface area contributed by atoms with Crippen LogP contribution in [0.5, 0.6) is 0 Å². The molecular weight excluding hydrogens is 704 g/mol. The van der Waals surface area contributed by atoms with Crippen LogP contribution in [-0.4, -0.2) is 3.21 Å². The average molecular weight is 744 g/mol. The van der Waals surface area contributed by atoms with E-state index in [0.29, 0.717) is 3.63 Å². The third-order valence-electron chi connectivity index (χ3n) is 10.8. The molecule has 0 spiro atoms. The molecule has 0 aromatic heterocycles. The van der Waals surface area contributed by atoms with E-state index in [1.165, 1.54) is 77.9 Å². The Morgan fingerprint density at radius 1 is 0.442 bits per heavy atom. The van der Waals surface area contributed by atoms with Crippen LogP contribution >= 0.6 is 0 Å². The summed E-state index contributed by atoms with van der Waals surface area (Å²) >= 11 is -3.16. The Bertz CT molecular complexity index is 2410. The topological polar surface area (TPSA) is 0 Å². The van der Waals surface area contributed by atoms with Gasteiger partial charge in [-0.2, -0.15) is 0 Å². The molecule has 0 N–H and O–H groups in total. The molecule has 0 saturated carbocycles. The molecule has 0 atom stereocenters. The maximum absolute atomic E-state index is 3.16. The van der Waals surface area contributed by atoms with Crippen LogP contribution in [0.15, 0.2) is 191 Å². The van der Waals surface area contributed by atoms with E-state index in [-0.39, 0.29) is 0 Å². The molecule has 7 aromatic carbocycles. The van der Waals surface area contributed by atoms with Gasteiger partial charge in [0.1, 0.15) is 0 Å². The van der Waals surface area contributed by atoms with Crippen molar-refractivity contribution in [2.75, 3.05) is 0 Å². The second-order valence-electron chi connectivity index (χ2n) is 14.1. The van der Waals surface area contributed by atoms with Crippen molar-refractivity contribution in [3.63, 3.8) is 0 Å². The first-order valence-electron chi connectivity index (χ1n) is 18.4. The fourth-order valence-electron chi connectivity index (χ4n) is 8.59. The van der Waals surface area contributed by atoms with Crippen LogP contribution < -0.4 is 0 Å². The minimum atomic E-state index is -3.16. The molecular formula is C51H40Zr. The third kappa shape index (κ3) is 5.88. The molecule has 0 aliphatic heterocycles. The van der Waals surface area contributed by atoms with Crippen LogP contribution in [0.1, 0.15) is 60.1 Å². The molecule has 1 heteroatoms. The maximum atomic E-state index is 2.52. The second kappa shape index (κ2) is 14.1. The number of hydrogen-bond acceptors (Lipinski definition) is 0. The summed E-state index contributed by atoms with van der Waals surface area (Å²) in [4.78, 5) is 0. The van der Waals surface area contributed by atoms with Crippen molar-refractivity contribution in [1.29, 1.82) is 0 Å². The quantitative estimate of drug-likeness (QED) is 0.152. The van der Waals surface area contributed by atoms with E-state index in [2.05, 4.69) is 202 Å². The first-order valence-corrected chi connectivity index (χ1v) is 22.2. The summed E-state index contributed by atoms with van der Waals surface area (Å²) in [5.41, 5.74) is 19.4. The molecule has 52 heavy (non-hydrogen) atoms. The Hall–Kier alpha value is -5.23. The van der Waals surface area contributed by atoms with Crippen LogP contribution in [0.2, 0.25) is 0 Å². The van der Waals surface area contributed by atoms with Gasteiger partial charge in [-0.3, -0.25) is 0 Å². The average Bonchev–Trinajstić information content (AvgIpc) is 3.74. The van der Waals surface area contributed by atoms with Gasteiger partial charge in [0.15, 0.2) is 0 Å². The molecule has 2 aliphatic rings. The molecule has 0 bridgehead atoms. The summed E-state index contributed by atoms with van der Waals surface area (Å²) in [6, 6.07) is 70.8. The predicted molar refractivity (Wildman–Crippen MR) is 217 cm³/mol. The van der Waals surface area contributed by atoms with Crippen LogP contribution in [0, 0.1) is 13.8 Å². The SMILES string of the molecule is Cc1ccc2c(c1)[CH]([Zr]([C]1=C(c3ccccc3)C(c3ccccc3)=C(c3ccccc3)C1)=[C](c1ccccc1)c1ccccc1)c1cc(C)ccc1-2. The number of benzene rings is 7. The monoisotopic (exact) mass is 742 g/mol. The van der Waals surface area contributed by atoms with E-state index in [1.807, 2.05) is 0 Å². The van der Waals surface area contributed by atoms with Gasteiger partial charge in [0.05, 0.1) is 0 Å². The van der Waals surface area contributed by atoms with Gasteiger partial charge in [-0.25, -0.2) is 0 Å². The Kier molecular flexibility index (Phi) is 8.83. The van der Waals surface area contributed by atoms with Crippen molar-refractivity contribution in [3.8, 4) is 11.1 Å². The summed E-state index contributed by atoms with van der Waals surface area (Å²) in [6.07, 6.45) is 0.940. The van der Waals surface area contributed by atoms with Gasteiger partial charge in [0, 0.05) is 0 Å². The predicted octanol–water partition coefficient (Wildman–Crippen LogP) is 12.7. The number of aryl methyl sites for hydroxylation is 2. The van der Waals surface area contributed by atoms with Gasteiger partial charge in [0.2, 0.25) is 0 Å². The van der Waals surface area contributed by atoms with E-state index in [4.69, 9.17) is 0 Å². The van der Waals surface area contributed by atoms with Crippen LogP contribution in [0.3, 0.4) is 0 Å².